The van der Waals surface area contributed by atoms with E-state index in [2.05, 4.69) is 20.4 Å². The lowest BCUT2D eigenvalue weighted by Gasteiger charge is -2.02. The number of aryl methyl sites for hydroxylation is 1. The van der Waals surface area contributed by atoms with Gasteiger partial charge < -0.3 is 4.74 Å². The van der Waals surface area contributed by atoms with Crippen molar-refractivity contribution in [3.63, 3.8) is 0 Å². The molecule has 80 valence electrons. The van der Waals surface area contributed by atoms with Crippen molar-refractivity contribution >= 4 is 0 Å². The Morgan fingerprint density at radius 1 is 1.33 bits per heavy atom. The molecule has 0 unspecified atom stereocenters. The second kappa shape index (κ2) is 6.07. The number of ether oxygens (including phenoxy) is 1. The molecule has 1 aromatic carbocycles. The summed E-state index contributed by atoms with van der Waals surface area (Å²) in [4.78, 5) is 0. The molecule has 1 aromatic rings. The van der Waals surface area contributed by atoms with Gasteiger partial charge in [0.1, 0.15) is 12.4 Å². The molecule has 0 heterocycles. The van der Waals surface area contributed by atoms with Crippen molar-refractivity contribution in [2.24, 2.45) is 0 Å². The molecule has 0 radical (unpaired) electrons. The highest BCUT2D eigenvalue weighted by molar-refractivity contribution is 5.26. The van der Waals surface area contributed by atoms with Crippen molar-refractivity contribution in [2.75, 3.05) is 6.61 Å². The molecule has 0 aromatic heterocycles. The molecule has 1 nitrogen and oxygen atoms in total. The first kappa shape index (κ1) is 11.6. The zero-order valence-electron chi connectivity index (χ0n) is 9.49. The number of rotatable bonds is 5. The van der Waals surface area contributed by atoms with E-state index >= 15 is 0 Å². The quantitative estimate of drug-likeness (QED) is 0.658. The van der Waals surface area contributed by atoms with Gasteiger partial charge in [0.2, 0.25) is 0 Å². The van der Waals surface area contributed by atoms with Gasteiger partial charge in [-0.15, -0.1) is 0 Å². The van der Waals surface area contributed by atoms with Gasteiger partial charge in [-0.3, -0.25) is 0 Å². The van der Waals surface area contributed by atoms with Gasteiger partial charge >= 0.3 is 0 Å². The van der Waals surface area contributed by atoms with E-state index in [9.17, 15) is 0 Å². The summed E-state index contributed by atoms with van der Waals surface area (Å²) in [5.41, 5.74) is 2.37. The molecule has 1 rings (SSSR count). The molecule has 0 saturated heterocycles. The Morgan fingerprint density at radius 3 is 2.60 bits per heavy atom. The molecule has 0 spiro atoms. The van der Waals surface area contributed by atoms with Crippen molar-refractivity contribution in [3.05, 3.63) is 54.1 Å². The standard InChI is InChI=1S/C14H18O/c1-4-12(2)6-5-11-15-14-9-7-13(3)8-10-14/h5-10H,2,4,11H2,1,3H3/b6-5-. The van der Waals surface area contributed by atoms with Crippen molar-refractivity contribution in [2.45, 2.75) is 20.3 Å². The van der Waals surface area contributed by atoms with Crippen LogP contribution in [0, 0.1) is 6.92 Å². The summed E-state index contributed by atoms with van der Waals surface area (Å²) in [6.07, 6.45) is 4.99. The van der Waals surface area contributed by atoms with Crippen molar-refractivity contribution < 1.29 is 4.74 Å². The summed E-state index contributed by atoms with van der Waals surface area (Å²) in [6, 6.07) is 8.06. The Kier molecular flexibility index (Phi) is 4.69. The van der Waals surface area contributed by atoms with Gasteiger partial charge in [-0.2, -0.15) is 0 Å². The van der Waals surface area contributed by atoms with Crippen LogP contribution in [0.25, 0.3) is 0 Å². The van der Waals surface area contributed by atoms with E-state index in [1.54, 1.807) is 0 Å². The van der Waals surface area contributed by atoms with Gasteiger partial charge in [-0.1, -0.05) is 42.8 Å². The van der Waals surface area contributed by atoms with Gasteiger partial charge in [-0.25, -0.2) is 0 Å². The monoisotopic (exact) mass is 202 g/mol. The molecule has 0 aliphatic carbocycles. The van der Waals surface area contributed by atoms with Crippen LogP contribution >= 0.6 is 0 Å². The van der Waals surface area contributed by atoms with Crippen LogP contribution < -0.4 is 4.74 Å². The van der Waals surface area contributed by atoms with Gasteiger partial charge in [0.05, 0.1) is 0 Å². The van der Waals surface area contributed by atoms with Gasteiger partial charge in [0.25, 0.3) is 0 Å². The zero-order valence-corrected chi connectivity index (χ0v) is 9.49. The predicted molar refractivity (Wildman–Crippen MR) is 65.2 cm³/mol. The molecule has 0 aliphatic heterocycles. The third-order valence-corrected chi connectivity index (χ3v) is 2.17. The fraction of sp³-hybridized carbons (Fsp3) is 0.286. The summed E-state index contributed by atoms with van der Waals surface area (Å²) < 4.78 is 5.53. The Morgan fingerprint density at radius 2 is 2.00 bits per heavy atom. The normalized spacial score (nSPS) is 10.5. The average molecular weight is 202 g/mol. The lowest BCUT2D eigenvalue weighted by molar-refractivity contribution is 0.362. The summed E-state index contributed by atoms with van der Waals surface area (Å²) in [6.45, 7) is 8.64. The van der Waals surface area contributed by atoms with Crippen molar-refractivity contribution in [1.82, 2.24) is 0 Å². The molecule has 0 atom stereocenters. The third-order valence-electron chi connectivity index (χ3n) is 2.17. The first-order valence-corrected chi connectivity index (χ1v) is 5.26. The molecule has 0 aliphatic rings. The average Bonchev–Trinajstić information content (AvgIpc) is 2.26. The molecule has 0 fully saturated rings. The first-order valence-electron chi connectivity index (χ1n) is 5.26. The minimum Gasteiger partial charge on any atom is -0.490 e. The number of hydrogen-bond donors (Lipinski definition) is 0. The number of hydrogen-bond acceptors (Lipinski definition) is 1. The highest BCUT2D eigenvalue weighted by Crippen LogP contribution is 2.11. The van der Waals surface area contributed by atoms with E-state index in [-0.39, 0.29) is 0 Å². The fourth-order valence-electron chi connectivity index (χ4n) is 1.11. The molecule has 1 heteroatoms. The van der Waals surface area contributed by atoms with Crippen LogP contribution in [0.2, 0.25) is 0 Å². The highest BCUT2D eigenvalue weighted by atomic mass is 16.5. The molecule has 0 amide bonds. The van der Waals surface area contributed by atoms with Crippen LogP contribution in [0.5, 0.6) is 5.75 Å². The maximum atomic E-state index is 5.53. The van der Waals surface area contributed by atoms with Crippen molar-refractivity contribution in [1.29, 1.82) is 0 Å². The minimum absolute atomic E-state index is 0.599. The maximum Gasteiger partial charge on any atom is 0.119 e. The fourth-order valence-corrected chi connectivity index (χ4v) is 1.11. The van der Waals surface area contributed by atoms with E-state index < -0.39 is 0 Å². The molecular formula is C14H18O. The molecule has 0 saturated carbocycles. The summed E-state index contributed by atoms with van der Waals surface area (Å²) in [7, 11) is 0. The number of allylic oxidation sites excluding steroid dienone is 2. The number of benzene rings is 1. The topological polar surface area (TPSA) is 9.23 Å². The lowest BCUT2D eigenvalue weighted by Crippen LogP contribution is -1.93. The van der Waals surface area contributed by atoms with E-state index in [4.69, 9.17) is 4.74 Å². The summed E-state index contributed by atoms with van der Waals surface area (Å²) in [5.74, 6) is 0.910. The van der Waals surface area contributed by atoms with E-state index in [1.807, 2.05) is 36.4 Å². The third kappa shape index (κ3) is 4.50. The van der Waals surface area contributed by atoms with Gasteiger partial charge in [0, 0.05) is 0 Å². The van der Waals surface area contributed by atoms with Crippen LogP contribution in [0.15, 0.2) is 48.6 Å². The SMILES string of the molecule is C=C(/C=C\COc1ccc(C)cc1)CC. The second-order valence-corrected chi connectivity index (χ2v) is 3.54. The Hall–Kier alpha value is -1.50. The zero-order chi connectivity index (χ0) is 11.1. The molecule has 0 N–H and O–H groups in total. The van der Waals surface area contributed by atoms with Crippen LogP contribution in [0.3, 0.4) is 0 Å². The Labute approximate surface area is 92.1 Å². The van der Waals surface area contributed by atoms with Gasteiger partial charge in [-0.05, 0) is 31.6 Å². The lowest BCUT2D eigenvalue weighted by atomic mass is 10.2. The van der Waals surface area contributed by atoms with E-state index in [1.165, 1.54) is 5.56 Å². The van der Waals surface area contributed by atoms with Crippen LogP contribution in [-0.4, -0.2) is 6.61 Å². The highest BCUT2D eigenvalue weighted by Gasteiger charge is 1.90. The van der Waals surface area contributed by atoms with Gasteiger partial charge in [0.15, 0.2) is 0 Å². The predicted octanol–water partition coefficient (Wildman–Crippen LogP) is 3.90. The van der Waals surface area contributed by atoms with E-state index in [0.29, 0.717) is 6.61 Å². The smallest absolute Gasteiger partial charge is 0.119 e. The largest absolute Gasteiger partial charge is 0.490 e. The van der Waals surface area contributed by atoms with Crippen molar-refractivity contribution in [3.8, 4) is 5.75 Å². The second-order valence-electron chi connectivity index (χ2n) is 3.54. The Bertz CT molecular complexity index is 333. The maximum absolute atomic E-state index is 5.53. The molecule has 0 bridgehead atoms. The van der Waals surface area contributed by atoms with Crippen LogP contribution in [0.4, 0.5) is 0 Å². The molecular weight excluding hydrogens is 184 g/mol. The summed E-state index contributed by atoms with van der Waals surface area (Å²) >= 11 is 0. The summed E-state index contributed by atoms with van der Waals surface area (Å²) in [5, 5.41) is 0. The minimum atomic E-state index is 0.599. The van der Waals surface area contributed by atoms with E-state index in [0.717, 1.165) is 17.7 Å². The van der Waals surface area contributed by atoms with Crippen LogP contribution in [-0.2, 0) is 0 Å². The Balaban J connectivity index is 2.35. The molecule has 15 heavy (non-hydrogen) atoms. The van der Waals surface area contributed by atoms with Crippen LogP contribution in [0.1, 0.15) is 18.9 Å². The first-order chi connectivity index (χ1) is 7.22.